The fourth-order valence-corrected chi connectivity index (χ4v) is 3.71. The monoisotopic (exact) mass is 344 g/mol. The van der Waals surface area contributed by atoms with Crippen molar-refractivity contribution in [2.24, 2.45) is 0 Å². The van der Waals surface area contributed by atoms with Crippen molar-refractivity contribution >= 4 is 0 Å². The average molecular weight is 344 g/mol. The van der Waals surface area contributed by atoms with E-state index in [1.54, 1.807) is 6.20 Å². The Bertz CT molecular complexity index is 942. The smallest absolute Gasteiger partial charge is 0.178 e. The molecule has 0 atom stereocenters. The van der Waals surface area contributed by atoms with E-state index in [0.29, 0.717) is 5.82 Å². The zero-order chi connectivity index (χ0) is 17.3. The number of rotatable bonds is 3. The Morgan fingerprint density at radius 1 is 1.04 bits per heavy atom. The van der Waals surface area contributed by atoms with Gasteiger partial charge in [-0.2, -0.15) is 0 Å². The van der Waals surface area contributed by atoms with Gasteiger partial charge in [-0.1, -0.05) is 18.2 Å². The Balaban J connectivity index is 1.36. The predicted octanol–water partition coefficient (Wildman–Crippen LogP) is 3.03. The summed E-state index contributed by atoms with van der Waals surface area (Å²) in [6.45, 7) is 3.64. The van der Waals surface area contributed by atoms with Crippen LogP contribution < -0.4 is 4.74 Å². The Kier molecular flexibility index (Phi) is 3.87. The van der Waals surface area contributed by atoms with Gasteiger partial charge < -0.3 is 4.74 Å². The van der Waals surface area contributed by atoms with Crippen molar-refractivity contribution < 1.29 is 4.74 Å². The van der Waals surface area contributed by atoms with Crippen molar-refractivity contribution in [1.29, 1.82) is 0 Å². The number of hydrogen-bond donors (Lipinski definition) is 0. The number of fused-ring (bicyclic) bond motifs is 2. The van der Waals surface area contributed by atoms with E-state index in [-0.39, 0.29) is 0 Å². The minimum Gasteiger partial charge on any atom is -0.493 e. The van der Waals surface area contributed by atoms with Gasteiger partial charge in [0.05, 0.1) is 12.3 Å². The maximum Gasteiger partial charge on any atom is 0.178 e. The number of ether oxygens (including phenoxy) is 1. The lowest BCUT2D eigenvalue weighted by atomic mass is 10.0. The van der Waals surface area contributed by atoms with Gasteiger partial charge >= 0.3 is 0 Å². The molecule has 3 aromatic rings. The number of hydrogen-bond acceptors (Lipinski definition) is 5. The fourth-order valence-electron chi connectivity index (χ4n) is 3.71. The van der Waals surface area contributed by atoms with Gasteiger partial charge in [0, 0.05) is 38.4 Å². The van der Waals surface area contributed by atoms with Gasteiger partial charge in [0.25, 0.3) is 0 Å². The van der Waals surface area contributed by atoms with E-state index in [2.05, 4.69) is 33.1 Å². The average Bonchev–Trinajstić information content (AvgIpc) is 3.16. The van der Waals surface area contributed by atoms with Gasteiger partial charge in [-0.15, -0.1) is 0 Å². The molecular weight excluding hydrogens is 324 g/mol. The minimum absolute atomic E-state index is 0.709. The second-order valence-corrected chi connectivity index (χ2v) is 6.88. The van der Waals surface area contributed by atoms with Crippen molar-refractivity contribution in [1.82, 2.24) is 19.9 Å². The number of nitrogens with zero attached hydrogens (tertiary/aromatic N) is 4. The standard InChI is InChI=1S/C21H20N4O/c1-2-8-22-18(3-1)21-23-12-17-6-9-25(14-19(17)24-21)13-15-4-5-20-16(11-15)7-10-26-20/h1-5,8,11-12H,6-7,9-10,13-14H2. The molecule has 0 radical (unpaired) electrons. The molecule has 0 saturated heterocycles. The molecule has 130 valence electrons. The third kappa shape index (κ3) is 2.95. The SMILES string of the molecule is c1ccc(-c2ncc3c(n2)CN(Cc2ccc4c(c2)CCO4)CC3)nc1. The van der Waals surface area contributed by atoms with Crippen LogP contribution in [0.15, 0.2) is 48.8 Å². The molecule has 2 aliphatic rings. The Labute approximate surface area is 152 Å². The Morgan fingerprint density at radius 2 is 2.04 bits per heavy atom. The molecule has 5 rings (SSSR count). The Hall–Kier alpha value is -2.79. The third-order valence-electron chi connectivity index (χ3n) is 5.08. The zero-order valence-corrected chi connectivity index (χ0v) is 14.6. The van der Waals surface area contributed by atoms with E-state index in [1.165, 1.54) is 16.7 Å². The van der Waals surface area contributed by atoms with Crippen LogP contribution in [0.2, 0.25) is 0 Å². The lowest BCUT2D eigenvalue weighted by Crippen LogP contribution is -2.31. The topological polar surface area (TPSA) is 51.1 Å². The van der Waals surface area contributed by atoms with E-state index in [1.807, 2.05) is 24.4 Å². The van der Waals surface area contributed by atoms with E-state index < -0.39 is 0 Å². The molecule has 0 unspecified atom stereocenters. The molecular formula is C21H20N4O. The van der Waals surface area contributed by atoms with Crippen LogP contribution in [0.4, 0.5) is 0 Å². The molecule has 2 aliphatic heterocycles. The first-order chi connectivity index (χ1) is 12.8. The van der Waals surface area contributed by atoms with Gasteiger partial charge in [-0.3, -0.25) is 9.88 Å². The number of aromatic nitrogens is 3. The van der Waals surface area contributed by atoms with Crippen LogP contribution in [0, 0.1) is 0 Å². The minimum atomic E-state index is 0.709. The van der Waals surface area contributed by atoms with Gasteiger partial charge in [0.15, 0.2) is 5.82 Å². The van der Waals surface area contributed by atoms with Gasteiger partial charge in [-0.05, 0) is 41.3 Å². The first kappa shape index (κ1) is 15.5. The van der Waals surface area contributed by atoms with E-state index in [0.717, 1.165) is 56.2 Å². The van der Waals surface area contributed by atoms with E-state index in [9.17, 15) is 0 Å². The lowest BCUT2D eigenvalue weighted by molar-refractivity contribution is 0.241. The van der Waals surface area contributed by atoms with Crippen molar-refractivity contribution in [3.05, 3.63) is 71.2 Å². The highest BCUT2D eigenvalue weighted by atomic mass is 16.5. The predicted molar refractivity (Wildman–Crippen MR) is 98.7 cm³/mol. The molecule has 5 heteroatoms. The summed E-state index contributed by atoms with van der Waals surface area (Å²) in [7, 11) is 0. The summed E-state index contributed by atoms with van der Waals surface area (Å²) >= 11 is 0. The normalized spacial score (nSPS) is 16.0. The zero-order valence-electron chi connectivity index (χ0n) is 14.6. The molecule has 0 spiro atoms. The summed E-state index contributed by atoms with van der Waals surface area (Å²) in [4.78, 5) is 16.1. The summed E-state index contributed by atoms with van der Waals surface area (Å²) in [6.07, 6.45) is 5.76. The molecule has 0 saturated carbocycles. The fraction of sp³-hybridized carbons (Fsp3) is 0.286. The van der Waals surface area contributed by atoms with Crippen molar-refractivity contribution in [2.75, 3.05) is 13.2 Å². The summed E-state index contributed by atoms with van der Waals surface area (Å²) in [6, 6.07) is 12.4. The molecule has 2 aromatic heterocycles. The molecule has 0 aliphatic carbocycles. The van der Waals surface area contributed by atoms with Crippen LogP contribution in [0.5, 0.6) is 5.75 Å². The highest BCUT2D eigenvalue weighted by Gasteiger charge is 2.20. The van der Waals surface area contributed by atoms with Crippen LogP contribution in [0.1, 0.15) is 22.4 Å². The van der Waals surface area contributed by atoms with Crippen LogP contribution in [-0.2, 0) is 25.9 Å². The first-order valence-corrected chi connectivity index (χ1v) is 9.08. The lowest BCUT2D eigenvalue weighted by Gasteiger charge is -2.28. The molecule has 1 aromatic carbocycles. The third-order valence-corrected chi connectivity index (χ3v) is 5.08. The maximum atomic E-state index is 5.61. The van der Waals surface area contributed by atoms with Gasteiger partial charge in [0.1, 0.15) is 11.4 Å². The van der Waals surface area contributed by atoms with E-state index in [4.69, 9.17) is 9.72 Å². The van der Waals surface area contributed by atoms with Crippen LogP contribution in [0.25, 0.3) is 11.5 Å². The first-order valence-electron chi connectivity index (χ1n) is 9.08. The van der Waals surface area contributed by atoms with Crippen molar-refractivity contribution in [3.63, 3.8) is 0 Å². The highest BCUT2D eigenvalue weighted by Crippen LogP contribution is 2.27. The summed E-state index contributed by atoms with van der Waals surface area (Å²) in [5.41, 5.74) is 5.88. The van der Waals surface area contributed by atoms with Crippen LogP contribution in [0.3, 0.4) is 0 Å². The second kappa shape index (κ2) is 6.50. The quantitative estimate of drug-likeness (QED) is 0.731. The molecule has 5 nitrogen and oxygen atoms in total. The molecule has 4 heterocycles. The summed E-state index contributed by atoms with van der Waals surface area (Å²) < 4.78 is 5.61. The van der Waals surface area contributed by atoms with Crippen LogP contribution in [-0.4, -0.2) is 33.0 Å². The maximum absolute atomic E-state index is 5.61. The van der Waals surface area contributed by atoms with Gasteiger partial charge in [0.2, 0.25) is 0 Å². The van der Waals surface area contributed by atoms with Crippen molar-refractivity contribution in [2.45, 2.75) is 25.9 Å². The second-order valence-electron chi connectivity index (χ2n) is 6.88. The highest BCUT2D eigenvalue weighted by molar-refractivity contribution is 5.49. The number of pyridine rings is 1. The van der Waals surface area contributed by atoms with E-state index >= 15 is 0 Å². The summed E-state index contributed by atoms with van der Waals surface area (Å²) in [5.74, 6) is 1.76. The molecule has 0 N–H and O–H groups in total. The largest absolute Gasteiger partial charge is 0.493 e. The number of benzene rings is 1. The molecule has 0 bridgehead atoms. The van der Waals surface area contributed by atoms with Crippen molar-refractivity contribution in [3.8, 4) is 17.3 Å². The molecule has 0 fully saturated rings. The van der Waals surface area contributed by atoms with Crippen LogP contribution >= 0.6 is 0 Å². The van der Waals surface area contributed by atoms with Gasteiger partial charge in [-0.25, -0.2) is 9.97 Å². The summed E-state index contributed by atoms with van der Waals surface area (Å²) in [5, 5.41) is 0. The molecule has 26 heavy (non-hydrogen) atoms. The molecule has 0 amide bonds. The Morgan fingerprint density at radius 3 is 2.96 bits per heavy atom.